The average molecular weight is 344 g/mol. The normalized spacial score (nSPS) is 12.0. The molecule has 0 aliphatic carbocycles. The Morgan fingerprint density at radius 1 is 0.625 bits per heavy atom. The zero-order chi connectivity index (χ0) is 18.6. The molecule has 0 aliphatic heterocycles. The Hall–Kier alpha value is -1.95. The predicted octanol–water partition coefficient (Wildman–Crippen LogP) is 5.51. The van der Waals surface area contributed by atoms with Gasteiger partial charge in [-0.3, -0.25) is 4.48 Å². The van der Waals surface area contributed by atoms with Gasteiger partial charge < -0.3 is 0 Å². The first-order valence-electron chi connectivity index (χ1n) is 7.36. The first kappa shape index (κ1) is 18.4. The second kappa shape index (κ2) is 5.84. The highest BCUT2D eigenvalue weighted by Gasteiger charge is 2.38. The summed E-state index contributed by atoms with van der Waals surface area (Å²) < 4.78 is 68.4. The molecule has 0 atom stereocenters. The number of quaternary nitrogens is 1. The zero-order valence-corrected chi connectivity index (χ0v) is 14.4. The molecule has 0 unspecified atom stereocenters. The van der Waals surface area contributed by atoms with Crippen LogP contribution >= 0.6 is 0 Å². The topological polar surface area (TPSA) is 0 Å². The van der Waals surface area contributed by atoms with Gasteiger partial charge >= 0.3 is 0 Å². The smallest absolute Gasteiger partial charge is 0.226 e. The molecule has 0 bridgehead atoms. The Kier molecular flexibility index (Phi) is 4.48. The highest BCUT2D eigenvalue weighted by molar-refractivity contribution is 5.66. The van der Waals surface area contributed by atoms with E-state index in [1.54, 1.807) is 13.0 Å². The van der Waals surface area contributed by atoms with Crippen LogP contribution in [0.25, 0.3) is 0 Å². The number of hydrogen-bond acceptors (Lipinski definition) is 0. The summed E-state index contributed by atoms with van der Waals surface area (Å²) in [6, 6.07) is 1.72. The number of hydrogen-bond donors (Lipinski definition) is 0. The molecular formula is C18H19F5N+. The lowest BCUT2D eigenvalue weighted by molar-refractivity contribution is 0.359. The molecule has 24 heavy (non-hydrogen) atoms. The van der Waals surface area contributed by atoms with Crippen LogP contribution in [0.1, 0.15) is 22.3 Å². The van der Waals surface area contributed by atoms with E-state index < -0.39 is 39.3 Å². The quantitative estimate of drug-likeness (QED) is 0.291. The zero-order valence-electron chi connectivity index (χ0n) is 14.4. The fourth-order valence-corrected chi connectivity index (χ4v) is 2.98. The number of aryl methyl sites for hydroxylation is 1. The van der Waals surface area contributed by atoms with E-state index in [2.05, 4.69) is 0 Å². The SMILES string of the molecule is Cc1cc([N+](C)(C)c2c(F)c(F)c(F)c(F)c2F)c(C)c(C)c1C. The van der Waals surface area contributed by atoms with Crippen LogP contribution in [0.2, 0.25) is 0 Å². The fraction of sp³-hybridized carbons (Fsp3) is 0.333. The second-order valence-electron chi connectivity index (χ2n) is 6.46. The van der Waals surface area contributed by atoms with Crippen molar-refractivity contribution < 1.29 is 22.0 Å². The third-order valence-electron chi connectivity index (χ3n) is 4.80. The summed E-state index contributed by atoms with van der Waals surface area (Å²) >= 11 is 0. The van der Waals surface area contributed by atoms with E-state index >= 15 is 0 Å². The lowest BCUT2D eigenvalue weighted by Crippen LogP contribution is -2.38. The molecule has 6 heteroatoms. The van der Waals surface area contributed by atoms with Gasteiger partial charge in [0.15, 0.2) is 0 Å². The molecule has 0 fully saturated rings. The van der Waals surface area contributed by atoms with Crippen molar-refractivity contribution in [1.82, 2.24) is 4.48 Å². The molecular weight excluding hydrogens is 325 g/mol. The summed E-state index contributed by atoms with van der Waals surface area (Å²) in [6.45, 7) is 7.38. The van der Waals surface area contributed by atoms with Gasteiger partial charge in [-0.15, -0.1) is 0 Å². The highest BCUT2D eigenvalue weighted by atomic mass is 19.2. The van der Waals surface area contributed by atoms with Gasteiger partial charge in [0.25, 0.3) is 0 Å². The van der Waals surface area contributed by atoms with Gasteiger partial charge in [0.2, 0.25) is 34.8 Å². The maximum Gasteiger partial charge on any atom is 0.226 e. The van der Waals surface area contributed by atoms with Crippen LogP contribution in [0.5, 0.6) is 0 Å². The molecule has 0 saturated heterocycles. The van der Waals surface area contributed by atoms with Gasteiger partial charge in [-0.2, -0.15) is 8.78 Å². The number of nitrogens with zero attached hydrogens (tertiary/aromatic N) is 1. The fourth-order valence-electron chi connectivity index (χ4n) is 2.98. The Bertz CT molecular complexity index is 811. The number of benzene rings is 2. The van der Waals surface area contributed by atoms with Crippen molar-refractivity contribution in [1.29, 1.82) is 0 Å². The molecule has 0 heterocycles. The maximum absolute atomic E-state index is 14.3. The lowest BCUT2D eigenvalue weighted by atomic mass is 9.96. The summed E-state index contributed by atoms with van der Waals surface area (Å²) in [6.07, 6.45) is 0. The van der Waals surface area contributed by atoms with Crippen molar-refractivity contribution in [2.75, 3.05) is 14.1 Å². The van der Waals surface area contributed by atoms with E-state index in [1.807, 2.05) is 20.8 Å². The van der Waals surface area contributed by atoms with E-state index in [1.165, 1.54) is 14.1 Å². The van der Waals surface area contributed by atoms with Crippen molar-refractivity contribution in [3.8, 4) is 0 Å². The van der Waals surface area contributed by atoms with Gasteiger partial charge in [-0.05, 0) is 44.4 Å². The van der Waals surface area contributed by atoms with Crippen LogP contribution in [0, 0.1) is 56.8 Å². The monoisotopic (exact) mass is 344 g/mol. The van der Waals surface area contributed by atoms with Crippen LogP contribution in [0.15, 0.2) is 6.07 Å². The van der Waals surface area contributed by atoms with E-state index in [0.717, 1.165) is 22.3 Å². The molecule has 0 aliphatic rings. The molecule has 0 amide bonds. The molecule has 0 spiro atoms. The maximum atomic E-state index is 14.3. The highest BCUT2D eigenvalue weighted by Crippen LogP contribution is 2.41. The van der Waals surface area contributed by atoms with Gasteiger partial charge in [0.05, 0.1) is 14.1 Å². The molecule has 0 saturated carbocycles. The van der Waals surface area contributed by atoms with Crippen LogP contribution in [0.4, 0.5) is 33.3 Å². The minimum absolute atomic E-state index is 0.471. The number of halogens is 5. The molecule has 1 nitrogen and oxygen atoms in total. The second-order valence-corrected chi connectivity index (χ2v) is 6.46. The van der Waals surface area contributed by atoms with Crippen molar-refractivity contribution in [2.45, 2.75) is 27.7 Å². The van der Waals surface area contributed by atoms with Gasteiger partial charge in [-0.25, -0.2) is 13.2 Å². The van der Waals surface area contributed by atoms with E-state index in [0.29, 0.717) is 5.69 Å². The van der Waals surface area contributed by atoms with Crippen molar-refractivity contribution >= 4 is 11.4 Å². The molecule has 2 aromatic rings. The molecule has 0 N–H and O–H groups in total. The molecule has 0 radical (unpaired) electrons. The van der Waals surface area contributed by atoms with Crippen molar-refractivity contribution in [2.24, 2.45) is 0 Å². The van der Waals surface area contributed by atoms with Crippen LogP contribution in [-0.4, -0.2) is 14.1 Å². The Morgan fingerprint density at radius 2 is 1.04 bits per heavy atom. The molecule has 2 rings (SSSR count). The molecule has 0 aromatic heterocycles. The third-order valence-corrected chi connectivity index (χ3v) is 4.80. The average Bonchev–Trinajstić information content (AvgIpc) is 2.52. The Balaban J connectivity index is 2.88. The first-order chi connectivity index (χ1) is 10.9. The number of rotatable bonds is 2. The lowest BCUT2D eigenvalue weighted by Gasteiger charge is -2.32. The summed E-state index contributed by atoms with van der Waals surface area (Å²) in [4.78, 5) is 0. The van der Waals surface area contributed by atoms with Crippen LogP contribution < -0.4 is 4.48 Å². The van der Waals surface area contributed by atoms with Crippen molar-refractivity contribution in [3.05, 3.63) is 57.4 Å². The van der Waals surface area contributed by atoms with Gasteiger partial charge in [-0.1, -0.05) is 0 Å². The Morgan fingerprint density at radius 3 is 1.50 bits per heavy atom. The summed E-state index contributed by atoms with van der Waals surface area (Å²) in [5.41, 5.74) is 3.15. The standard InChI is InChI=1S/C18H19F5N/c1-8-7-12(11(4)10(3)9(8)2)24(5,6)18-16(22)14(20)13(19)15(21)17(18)23/h7H,1-6H3/q+1. The van der Waals surface area contributed by atoms with Crippen LogP contribution in [0.3, 0.4) is 0 Å². The summed E-state index contributed by atoms with van der Waals surface area (Å²) in [5.74, 6) is -9.65. The minimum atomic E-state index is -2.15. The summed E-state index contributed by atoms with van der Waals surface area (Å²) in [5, 5.41) is 0. The summed E-state index contributed by atoms with van der Waals surface area (Å²) in [7, 11) is 2.80. The largest absolute Gasteiger partial charge is 0.258 e. The Labute approximate surface area is 137 Å². The molecule has 130 valence electrons. The predicted molar refractivity (Wildman–Crippen MR) is 84.9 cm³/mol. The first-order valence-corrected chi connectivity index (χ1v) is 7.36. The van der Waals surface area contributed by atoms with E-state index in [4.69, 9.17) is 0 Å². The van der Waals surface area contributed by atoms with Gasteiger partial charge in [0, 0.05) is 11.6 Å². The van der Waals surface area contributed by atoms with E-state index in [-0.39, 0.29) is 0 Å². The van der Waals surface area contributed by atoms with Crippen LogP contribution in [-0.2, 0) is 0 Å². The van der Waals surface area contributed by atoms with E-state index in [9.17, 15) is 22.0 Å². The third kappa shape index (κ3) is 2.49. The molecule has 2 aromatic carbocycles. The minimum Gasteiger partial charge on any atom is -0.258 e. The van der Waals surface area contributed by atoms with Crippen molar-refractivity contribution in [3.63, 3.8) is 0 Å². The van der Waals surface area contributed by atoms with Gasteiger partial charge in [0.1, 0.15) is 5.69 Å².